The molecule has 2 rings (SSSR count). The molecule has 0 saturated heterocycles. The van der Waals surface area contributed by atoms with Gasteiger partial charge in [-0.3, -0.25) is 4.79 Å². The Morgan fingerprint density at radius 1 is 1.04 bits per heavy atom. The van der Waals surface area contributed by atoms with Gasteiger partial charge < -0.3 is 14.8 Å². The highest BCUT2D eigenvalue weighted by atomic mass is 32.2. The quantitative estimate of drug-likeness (QED) is 0.595. The molecule has 0 bridgehead atoms. The minimum atomic E-state index is -0.0950. The maximum Gasteiger partial charge on any atom is 0.251 e. The van der Waals surface area contributed by atoms with Crippen molar-refractivity contribution in [1.29, 1.82) is 0 Å². The number of benzene rings is 2. The first kappa shape index (κ1) is 17.4. The Kier molecular flexibility index (Phi) is 6.97. The van der Waals surface area contributed by atoms with Gasteiger partial charge in [-0.25, -0.2) is 0 Å². The lowest BCUT2D eigenvalue weighted by Gasteiger charge is -2.08. The van der Waals surface area contributed by atoms with Crippen molar-refractivity contribution in [2.75, 3.05) is 26.6 Å². The second kappa shape index (κ2) is 9.22. The molecule has 2 aromatic rings. The van der Waals surface area contributed by atoms with Crippen molar-refractivity contribution in [3.05, 3.63) is 59.7 Å². The zero-order chi connectivity index (χ0) is 16.5. The van der Waals surface area contributed by atoms with Gasteiger partial charge in [0.1, 0.15) is 12.4 Å². The SMILES string of the molecule is COCCOc1ccc(C(=O)NCc2ccc(SC)cc2)cc1. The Morgan fingerprint density at radius 3 is 2.35 bits per heavy atom. The van der Waals surface area contributed by atoms with Gasteiger partial charge in [-0.05, 0) is 48.2 Å². The summed E-state index contributed by atoms with van der Waals surface area (Å²) < 4.78 is 10.4. The predicted octanol–water partition coefficient (Wildman–Crippen LogP) is 3.36. The van der Waals surface area contributed by atoms with Crippen LogP contribution < -0.4 is 10.1 Å². The topological polar surface area (TPSA) is 47.6 Å². The molecule has 0 aliphatic rings. The van der Waals surface area contributed by atoms with Crippen LogP contribution in [0.25, 0.3) is 0 Å². The fraction of sp³-hybridized carbons (Fsp3) is 0.278. The molecule has 4 nitrogen and oxygen atoms in total. The van der Waals surface area contributed by atoms with Gasteiger partial charge in [0.15, 0.2) is 0 Å². The summed E-state index contributed by atoms with van der Waals surface area (Å²) in [7, 11) is 1.63. The number of rotatable bonds is 8. The molecule has 0 fully saturated rings. The summed E-state index contributed by atoms with van der Waals surface area (Å²) in [6, 6.07) is 15.3. The molecule has 0 radical (unpaired) electrons. The Bertz CT molecular complexity index is 611. The van der Waals surface area contributed by atoms with Crippen molar-refractivity contribution >= 4 is 17.7 Å². The highest BCUT2D eigenvalue weighted by Gasteiger charge is 2.05. The van der Waals surface area contributed by atoms with Gasteiger partial charge in [-0.1, -0.05) is 12.1 Å². The van der Waals surface area contributed by atoms with Crippen LogP contribution >= 0.6 is 11.8 Å². The standard InChI is InChI=1S/C18H21NO3S/c1-21-11-12-22-16-7-5-15(6-8-16)18(20)19-13-14-3-9-17(23-2)10-4-14/h3-10H,11-13H2,1-2H3,(H,19,20). The number of methoxy groups -OCH3 is 1. The monoisotopic (exact) mass is 331 g/mol. The van der Waals surface area contributed by atoms with Crippen LogP contribution in [0.5, 0.6) is 5.75 Å². The van der Waals surface area contributed by atoms with Gasteiger partial charge in [0.05, 0.1) is 6.61 Å². The Morgan fingerprint density at radius 2 is 1.74 bits per heavy atom. The van der Waals surface area contributed by atoms with E-state index in [4.69, 9.17) is 9.47 Å². The lowest BCUT2D eigenvalue weighted by atomic mass is 10.2. The molecule has 1 amide bonds. The summed E-state index contributed by atoms with van der Waals surface area (Å²) in [6.45, 7) is 1.55. The van der Waals surface area contributed by atoms with E-state index < -0.39 is 0 Å². The number of ether oxygens (including phenoxy) is 2. The summed E-state index contributed by atoms with van der Waals surface area (Å²) in [5.74, 6) is 0.633. The van der Waals surface area contributed by atoms with Crippen LogP contribution in [0, 0.1) is 0 Å². The van der Waals surface area contributed by atoms with E-state index in [1.54, 1.807) is 43.1 Å². The second-order valence-electron chi connectivity index (χ2n) is 4.90. The zero-order valence-corrected chi connectivity index (χ0v) is 14.2. The smallest absolute Gasteiger partial charge is 0.251 e. The van der Waals surface area contributed by atoms with Crippen molar-refractivity contribution in [2.45, 2.75) is 11.4 Å². The molecule has 2 aromatic carbocycles. The Balaban J connectivity index is 1.84. The molecular formula is C18H21NO3S. The van der Waals surface area contributed by atoms with E-state index in [1.807, 2.05) is 18.4 Å². The van der Waals surface area contributed by atoms with E-state index in [2.05, 4.69) is 17.4 Å². The van der Waals surface area contributed by atoms with E-state index in [-0.39, 0.29) is 5.91 Å². The zero-order valence-electron chi connectivity index (χ0n) is 13.4. The molecule has 0 heterocycles. The summed E-state index contributed by atoms with van der Waals surface area (Å²) in [4.78, 5) is 13.3. The summed E-state index contributed by atoms with van der Waals surface area (Å²) in [5.41, 5.74) is 1.69. The molecule has 1 N–H and O–H groups in total. The average Bonchev–Trinajstić information content (AvgIpc) is 2.61. The number of thioether (sulfide) groups is 1. The van der Waals surface area contributed by atoms with E-state index in [0.717, 1.165) is 11.3 Å². The van der Waals surface area contributed by atoms with Gasteiger partial charge in [0, 0.05) is 24.1 Å². The second-order valence-corrected chi connectivity index (χ2v) is 5.78. The van der Waals surface area contributed by atoms with Gasteiger partial charge in [0.25, 0.3) is 5.91 Å². The molecule has 23 heavy (non-hydrogen) atoms. The number of carbonyl (C=O) groups is 1. The first-order chi connectivity index (χ1) is 11.2. The number of hydrogen-bond donors (Lipinski definition) is 1. The fourth-order valence-corrected chi connectivity index (χ4v) is 2.38. The molecule has 0 aromatic heterocycles. The summed E-state index contributed by atoms with van der Waals surface area (Å²) in [6.07, 6.45) is 2.04. The average molecular weight is 331 g/mol. The van der Waals surface area contributed by atoms with Crippen LogP contribution in [-0.4, -0.2) is 32.5 Å². The minimum Gasteiger partial charge on any atom is -0.491 e. The fourth-order valence-electron chi connectivity index (χ4n) is 1.97. The maximum absolute atomic E-state index is 12.1. The van der Waals surface area contributed by atoms with Crippen LogP contribution in [0.1, 0.15) is 15.9 Å². The Labute approximate surface area is 141 Å². The number of carbonyl (C=O) groups excluding carboxylic acids is 1. The van der Waals surface area contributed by atoms with Crippen LogP contribution in [0.4, 0.5) is 0 Å². The normalized spacial score (nSPS) is 10.3. The first-order valence-electron chi connectivity index (χ1n) is 7.36. The van der Waals surface area contributed by atoms with E-state index in [1.165, 1.54) is 4.90 Å². The largest absolute Gasteiger partial charge is 0.491 e. The molecular weight excluding hydrogens is 310 g/mol. The molecule has 0 unspecified atom stereocenters. The number of hydrogen-bond acceptors (Lipinski definition) is 4. The third-order valence-electron chi connectivity index (χ3n) is 3.28. The van der Waals surface area contributed by atoms with Crippen molar-refractivity contribution in [3.63, 3.8) is 0 Å². The lowest BCUT2D eigenvalue weighted by molar-refractivity contribution is 0.0951. The van der Waals surface area contributed by atoms with Gasteiger partial charge >= 0.3 is 0 Å². The first-order valence-corrected chi connectivity index (χ1v) is 8.58. The molecule has 122 valence electrons. The van der Waals surface area contributed by atoms with Crippen LogP contribution in [0.15, 0.2) is 53.4 Å². The van der Waals surface area contributed by atoms with Crippen LogP contribution in [0.2, 0.25) is 0 Å². The van der Waals surface area contributed by atoms with E-state index in [9.17, 15) is 4.79 Å². The highest BCUT2D eigenvalue weighted by Crippen LogP contribution is 2.15. The molecule has 0 aliphatic carbocycles. The molecule has 0 aliphatic heterocycles. The van der Waals surface area contributed by atoms with Crippen molar-refractivity contribution in [1.82, 2.24) is 5.32 Å². The van der Waals surface area contributed by atoms with Crippen molar-refractivity contribution in [2.24, 2.45) is 0 Å². The number of nitrogens with one attached hydrogen (secondary N) is 1. The summed E-state index contributed by atoms with van der Waals surface area (Å²) in [5, 5.41) is 2.92. The Hall–Kier alpha value is -1.98. The summed E-state index contributed by atoms with van der Waals surface area (Å²) >= 11 is 1.70. The highest BCUT2D eigenvalue weighted by molar-refractivity contribution is 7.98. The molecule has 5 heteroatoms. The predicted molar refractivity (Wildman–Crippen MR) is 93.2 cm³/mol. The van der Waals surface area contributed by atoms with Gasteiger partial charge in [-0.2, -0.15) is 0 Å². The maximum atomic E-state index is 12.1. The third-order valence-corrected chi connectivity index (χ3v) is 4.03. The van der Waals surface area contributed by atoms with Crippen molar-refractivity contribution in [3.8, 4) is 5.75 Å². The minimum absolute atomic E-state index is 0.0950. The molecule has 0 atom stereocenters. The third kappa shape index (κ3) is 5.62. The van der Waals surface area contributed by atoms with Gasteiger partial charge in [0.2, 0.25) is 0 Å². The van der Waals surface area contributed by atoms with Gasteiger partial charge in [-0.15, -0.1) is 11.8 Å². The molecule has 0 spiro atoms. The van der Waals surface area contributed by atoms with E-state index in [0.29, 0.717) is 25.3 Å². The van der Waals surface area contributed by atoms with Crippen LogP contribution in [0.3, 0.4) is 0 Å². The van der Waals surface area contributed by atoms with Crippen LogP contribution in [-0.2, 0) is 11.3 Å². The van der Waals surface area contributed by atoms with Crippen molar-refractivity contribution < 1.29 is 14.3 Å². The molecule has 0 saturated carbocycles. The van der Waals surface area contributed by atoms with E-state index >= 15 is 0 Å². The lowest BCUT2D eigenvalue weighted by Crippen LogP contribution is -2.22. The number of amides is 1.